The highest BCUT2D eigenvalue weighted by Gasteiger charge is 2.10. The zero-order chi connectivity index (χ0) is 14.8. The predicted molar refractivity (Wildman–Crippen MR) is 87.6 cm³/mol. The van der Waals surface area contributed by atoms with Gasteiger partial charge in [-0.1, -0.05) is 35.9 Å². The maximum absolute atomic E-state index is 6.16. The van der Waals surface area contributed by atoms with Gasteiger partial charge in [0, 0.05) is 21.7 Å². The van der Waals surface area contributed by atoms with Crippen molar-refractivity contribution < 1.29 is 4.74 Å². The van der Waals surface area contributed by atoms with E-state index in [0.717, 1.165) is 22.2 Å². The minimum atomic E-state index is 0.298. The Labute approximate surface area is 133 Å². The van der Waals surface area contributed by atoms with Gasteiger partial charge in [0.05, 0.1) is 5.88 Å². The number of rotatable bonds is 3. The van der Waals surface area contributed by atoms with E-state index in [4.69, 9.17) is 27.9 Å². The lowest BCUT2D eigenvalue weighted by Crippen LogP contribution is -1.93. The number of hydrogen-bond donors (Lipinski definition) is 0. The second-order valence-corrected chi connectivity index (χ2v) is 5.41. The van der Waals surface area contributed by atoms with E-state index in [1.54, 1.807) is 6.07 Å². The van der Waals surface area contributed by atoms with Gasteiger partial charge in [-0.15, -0.1) is 11.6 Å². The fraction of sp³-hybridized carbons (Fsp3) is 0.118. The van der Waals surface area contributed by atoms with Gasteiger partial charge in [-0.3, -0.25) is 0 Å². The number of aryl methyl sites for hydroxylation is 1. The summed E-state index contributed by atoms with van der Waals surface area (Å²) in [6, 6.07) is 15.4. The zero-order valence-electron chi connectivity index (χ0n) is 11.4. The quantitative estimate of drug-likeness (QED) is 0.576. The molecule has 0 unspecified atom stereocenters. The molecule has 1 aromatic heterocycles. The summed E-state index contributed by atoms with van der Waals surface area (Å²) in [6.07, 6.45) is 0. The molecule has 0 aliphatic carbocycles. The molecule has 0 saturated heterocycles. The third kappa shape index (κ3) is 2.82. The van der Waals surface area contributed by atoms with E-state index in [0.29, 0.717) is 22.4 Å². The summed E-state index contributed by atoms with van der Waals surface area (Å²) < 4.78 is 6.02. The standard InChI is InChI=1S/C17H13Cl2NO/c1-11-8-9-12-4-2-7-16(17(12)20-11)21-15-6-3-5-14(19)13(15)10-18/h2-9H,10H2,1H3. The van der Waals surface area contributed by atoms with Crippen LogP contribution in [0.15, 0.2) is 48.5 Å². The molecule has 4 heteroatoms. The van der Waals surface area contributed by atoms with Gasteiger partial charge in [0.25, 0.3) is 0 Å². The summed E-state index contributed by atoms with van der Waals surface area (Å²) in [4.78, 5) is 4.56. The molecule has 0 amide bonds. The van der Waals surface area contributed by atoms with Crippen LogP contribution in [0.2, 0.25) is 5.02 Å². The summed E-state index contributed by atoms with van der Waals surface area (Å²) in [6.45, 7) is 1.96. The Bertz CT molecular complexity index is 802. The van der Waals surface area contributed by atoms with E-state index >= 15 is 0 Å². The van der Waals surface area contributed by atoms with E-state index in [-0.39, 0.29) is 0 Å². The fourth-order valence-electron chi connectivity index (χ4n) is 2.18. The van der Waals surface area contributed by atoms with Crippen LogP contribution in [0.25, 0.3) is 10.9 Å². The van der Waals surface area contributed by atoms with E-state index < -0.39 is 0 Å². The lowest BCUT2D eigenvalue weighted by Gasteiger charge is -2.12. The minimum absolute atomic E-state index is 0.298. The second kappa shape index (κ2) is 5.92. The maximum atomic E-state index is 6.16. The number of halogens is 2. The predicted octanol–water partition coefficient (Wildman–Crippen LogP) is 5.73. The summed E-state index contributed by atoms with van der Waals surface area (Å²) in [5, 5.41) is 1.64. The molecule has 2 aromatic carbocycles. The largest absolute Gasteiger partial charge is 0.455 e. The maximum Gasteiger partial charge on any atom is 0.153 e. The fourth-order valence-corrected chi connectivity index (χ4v) is 2.76. The van der Waals surface area contributed by atoms with Crippen LogP contribution in [0.3, 0.4) is 0 Å². The van der Waals surface area contributed by atoms with Crippen molar-refractivity contribution in [1.82, 2.24) is 4.98 Å². The third-order valence-corrected chi connectivity index (χ3v) is 3.87. The number of alkyl halides is 1. The van der Waals surface area contributed by atoms with Crippen LogP contribution in [0.5, 0.6) is 11.5 Å². The monoisotopic (exact) mass is 317 g/mol. The van der Waals surface area contributed by atoms with Gasteiger partial charge in [-0.2, -0.15) is 0 Å². The molecular formula is C17H13Cl2NO. The number of fused-ring (bicyclic) bond motifs is 1. The first-order valence-electron chi connectivity index (χ1n) is 6.56. The van der Waals surface area contributed by atoms with Crippen LogP contribution in [-0.2, 0) is 5.88 Å². The second-order valence-electron chi connectivity index (χ2n) is 4.73. The van der Waals surface area contributed by atoms with E-state index in [1.807, 2.05) is 49.4 Å². The number of ether oxygens (including phenoxy) is 1. The Kier molecular flexibility index (Phi) is 4.00. The molecule has 106 valence electrons. The number of benzene rings is 2. The summed E-state index contributed by atoms with van der Waals surface area (Å²) >= 11 is 12.1. The molecule has 0 radical (unpaired) electrons. The average molecular weight is 318 g/mol. The molecule has 21 heavy (non-hydrogen) atoms. The van der Waals surface area contributed by atoms with Crippen LogP contribution >= 0.6 is 23.2 Å². The SMILES string of the molecule is Cc1ccc2cccc(Oc3cccc(Cl)c3CCl)c2n1. The van der Waals surface area contributed by atoms with Crippen LogP contribution in [0.4, 0.5) is 0 Å². The molecule has 2 nitrogen and oxygen atoms in total. The average Bonchev–Trinajstić information content (AvgIpc) is 2.48. The number of hydrogen-bond acceptors (Lipinski definition) is 2. The summed E-state index contributed by atoms with van der Waals surface area (Å²) in [7, 11) is 0. The molecule has 0 aliphatic rings. The van der Waals surface area contributed by atoms with Crippen molar-refractivity contribution in [3.63, 3.8) is 0 Å². The molecule has 0 N–H and O–H groups in total. The summed E-state index contributed by atoms with van der Waals surface area (Å²) in [5.41, 5.74) is 2.56. The number of aromatic nitrogens is 1. The van der Waals surface area contributed by atoms with Gasteiger partial charge in [0.2, 0.25) is 0 Å². The lowest BCUT2D eigenvalue weighted by atomic mass is 10.2. The molecule has 0 saturated carbocycles. The van der Waals surface area contributed by atoms with E-state index in [1.165, 1.54) is 0 Å². The highest BCUT2D eigenvalue weighted by atomic mass is 35.5. The van der Waals surface area contributed by atoms with Crippen molar-refractivity contribution in [1.29, 1.82) is 0 Å². The third-order valence-electron chi connectivity index (χ3n) is 3.25. The van der Waals surface area contributed by atoms with Gasteiger partial charge in [0.15, 0.2) is 5.75 Å². The van der Waals surface area contributed by atoms with Gasteiger partial charge in [-0.05, 0) is 31.2 Å². The Morgan fingerprint density at radius 1 is 1.00 bits per heavy atom. The zero-order valence-corrected chi connectivity index (χ0v) is 12.9. The van der Waals surface area contributed by atoms with Gasteiger partial charge >= 0.3 is 0 Å². The van der Waals surface area contributed by atoms with Gasteiger partial charge < -0.3 is 4.74 Å². The Hall–Kier alpha value is -1.77. The normalized spacial score (nSPS) is 10.8. The van der Waals surface area contributed by atoms with Crippen molar-refractivity contribution in [2.24, 2.45) is 0 Å². The Morgan fingerprint density at radius 2 is 1.76 bits per heavy atom. The van der Waals surface area contributed by atoms with Gasteiger partial charge in [0.1, 0.15) is 11.3 Å². The first-order chi connectivity index (χ1) is 10.2. The molecular weight excluding hydrogens is 305 g/mol. The van der Waals surface area contributed by atoms with Crippen LogP contribution in [0, 0.1) is 6.92 Å². The molecule has 3 rings (SSSR count). The molecule has 1 heterocycles. The van der Waals surface area contributed by atoms with Gasteiger partial charge in [-0.25, -0.2) is 4.98 Å². The first-order valence-corrected chi connectivity index (χ1v) is 7.48. The Balaban J connectivity index is 2.10. The number of nitrogens with zero attached hydrogens (tertiary/aromatic N) is 1. The minimum Gasteiger partial charge on any atom is -0.455 e. The van der Waals surface area contributed by atoms with E-state index in [9.17, 15) is 0 Å². The smallest absolute Gasteiger partial charge is 0.153 e. The van der Waals surface area contributed by atoms with E-state index in [2.05, 4.69) is 4.98 Å². The van der Waals surface area contributed by atoms with Crippen molar-refractivity contribution in [3.05, 3.63) is 64.8 Å². The van der Waals surface area contributed by atoms with Crippen molar-refractivity contribution in [3.8, 4) is 11.5 Å². The number of pyridine rings is 1. The van der Waals surface area contributed by atoms with Crippen LogP contribution < -0.4 is 4.74 Å². The molecule has 0 bridgehead atoms. The molecule has 0 spiro atoms. The first kappa shape index (κ1) is 14.2. The lowest BCUT2D eigenvalue weighted by molar-refractivity contribution is 0.483. The molecule has 0 aliphatic heterocycles. The van der Waals surface area contributed by atoms with Crippen LogP contribution in [0.1, 0.15) is 11.3 Å². The highest BCUT2D eigenvalue weighted by Crippen LogP contribution is 2.34. The highest BCUT2D eigenvalue weighted by molar-refractivity contribution is 6.32. The molecule has 3 aromatic rings. The molecule has 0 fully saturated rings. The van der Waals surface area contributed by atoms with Crippen molar-refractivity contribution >= 4 is 34.1 Å². The Morgan fingerprint density at radius 3 is 2.57 bits per heavy atom. The number of para-hydroxylation sites is 1. The topological polar surface area (TPSA) is 22.1 Å². The molecule has 0 atom stereocenters. The van der Waals surface area contributed by atoms with Crippen LogP contribution in [-0.4, -0.2) is 4.98 Å². The summed E-state index contributed by atoms with van der Waals surface area (Å²) in [5.74, 6) is 1.66. The van der Waals surface area contributed by atoms with Crippen molar-refractivity contribution in [2.75, 3.05) is 0 Å². The van der Waals surface area contributed by atoms with Crippen molar-refractivity contribution in [2.45, 2.75) is 12.8 Å².